The van der Waals surface area contributed by atoms with Gasteiger partial charge in [-0.1, -0.05) is 15.9 Å². The second-order valence-corrected chi connectivity index (χ2v) is 5.43. The van der Waals surface area contributed by atoms with Crippen LogP contribution in [0.15, 0.2) is 40.5 Å². The van der Waals surface area contributed by atoms with Crippen molar-refractivity contribution in [3.8, 4) is 0 Å². The molecule has 1 saturated heterocycles. The highest BCUT2D eigenvalue weighted by molar-refractivity contribution is 9.10. The third kappa shape index (κ3) is 2.40. The maximum Gasteiger partial charge on any atom is 0.254 e. The number of likely N-dealkylation sites (tertiary alicyclic amines) is 1. The van der Waals surface area contributed by atoms with Crippen LogP contribution in [-0.4, -0.2) is 30.4 Å². The molecule has 96 valence electrons. The lowest BCUT2D eigenvalue weighted by atomic mass is 10.1. The van der Waals surface area contributed by atoms with E-state index >= 15 is 0 Å². The quantitative estimate of drug-likeness (QED) is 0.858. The van der Waals surface area contributed by atoms with Gasteiger partial charge in [-0.3, -0.25) is 4.79 Å². The van der Waals surface area contributed by atoms with Crippen LogP contribution < -0.4 is 5.32 Å². The number of nitrogens with one attached hydrogen (secondary N) is 1. The molecule has 1 aromatic carbocycles. The molecule has 0 saturated carbocycles. The summed E-state index contributed by atoms with van der Waals surface area (Å²) in [6, 6.07) is 7.55. The van der Waals surface area contributed by atoms with E-state index in [4.69, 9.17) is 0 Å². The number of amides is 1. The van der Waals surface area contributed by atoms with Crippen molar-refractivity contribution in [2.24, 2.45) is 5.92 Å². The van der Waals surface area contributed by atoms with Crippen LogP contribution in [0.4, 0.5) is 0 Å². The number of fused-ring (bicyclic) bond motifs is 1. The van der Waals surface area contributed by atoms with E-state index in [9.17, 15) is 4.79 Å². The predicted molar refractivity (Wildman–Crippen MR) is 76.9 cm³/mol. The van der Waals surface area contributed by atoms with Crippen LogP contribution in [-0.2, 0) is 0 Å². The summed E-state index contributed by atoms with van der Waals surface area (Å²) in [4.78, 5) is 14.2. The van der Waals surface area contributed by atoms with E-state index in [2.05, 4.69) is 27.4 Å². The van der Waals surface area contributed by atoms with Gasteiger partial charge in [-0.15, -0.1) is 12.4 Å². The van der Waals surface area contributed by atoms with Crippen LogP contribution in [0.3, 0.4) is 0 Å². The van der Waals surface area contributed by atoms with Gasteiger partial charge in [-0.25, -0.2) is 0 Å². The Kier molecular flexibility index (Phi) is 3.97. The number of hydrogen-bond acceptors (Lipinski definition) is 2. The third-order valence-electron chi connectivity index (χ3n) is 3.37. The first-order valence-corrected chi connectivity index (χ1v) is 6.50. The van der Waals surface area contributed by atoms with Crippen LogP contribution in [0.25, 0.3) is 0 Å². The van der Waals surface area contributed by atoms with Crippen LogP contribution in [0.5, 0.6) is 0 Å². The van der Waals surface area contributed by atoms with Crippen molar-refractivity contribution in [2.45, 2.75) is 0 Å². The third-order valence-corrected chi connectivity index (χ3v) is 3.90. The van der Waals surface area contributed by atoms with E-state index in [-0.39, 0.29) is 18.3 Å². The highest BCUT2D eigenvalue weighted by Crippen LogP contribution is 2.26. The average molecular weight is 330 g/mol. The number of halogens is 2. The Balaban J connectivity index is 0.00000120. The molecular formula is C13H14BrClN2O. The van der Waals surface area contributed by atoms with E-state index in [1.165, 1.54) is 5.57 Å². The number of carbonyl (C=O) groups is 1. The minimum absolute atomic E-state index is 0. The largest absolute Gasteiger partial charge is 0.390 e. The van der Waals surface area contributed by atoms with Crippen molar-refractivity contribution in [2.75, 3.05) is 19.6 Å². The van der Waals surface area contributed by atoms with Crippen molar-refractivity contribution in [3.63, 3.8) is 0 Å². The molecule has 2 aliphatic rings. The summed E-state index contributed by atoms with van der Waals surface area (Å²) in [6.07, 6.45) is 2.06. The Morgan fingerprint density at radius 2 is 2.06 bits per heavy atom. The molecule has 1 amide bonds. The lowest BCUT2D eigenvalue weighted by Crippen LogP contribution is -2.30. The highest BCUT2D eigenvalue weighted by atomic mass is 79.9. The molecule has 3 rings (SSSR count). The molecule has 18 heavy (non-hydrogen) atoms. The topological polar surface area (TPSA) is 32.3 Å². The van der Waals surface area contributed by atoms with Crippen LogP contribution in [0, 0.1) is 5.92 Å². The van der Waals surface area contributed by atoms with Gasteiger partial charge >= 0.3 is 0 Å². The molecule has 1 aromatic rings. The van der Waals surface area contributed by atoms with Gasteiger partial charge in [0.05, 0.1) is 0 Å². The number of nitrogens with zero attached hydrogens (tertiary/aromatic N) is 1. The number of benzene rings is 1. The summed E-state index contributed by atoms with van der Waals surface area (Å²) in [5.41, 5.74) is 2.12. The molecule has 0 radical (unpaired) electrons. The fraction of sp³-hybridized carbons (Fsp3) is 0.308. The molecule has 5 heteroatoms. The first-order valence-electron chi connectivity index (χ1n) is 5.71. The zero-order chi connectivity index (χ0) is 11.8. The zero-order valence-electron chi connectivity index (χ0n) is 9.73. The summed E-state index contributed by atoms with van der Waals surface area (Å²) < 4.78 is 0.999. The molecule has 0 bridgehead atoms. The van der Waals surface area contributed by atoms with Crippen molar-refractivity contribution in [3.05, 3.63) is 46.1 Å². The van der Waals surface area contributed by atoms with Crippen LogP contribution >= 0.6 is 28.3 Å². The summed E-state index contributed by atoms with van der Waals surface area (Å²) in [5.74, 6) is 0.655. The van der Waals surface area contributed by atoms with E-state index < -0.39 is 0 Å². The molecule has 1 fully saturated rings. The van der Waals surface area contributed by atoms with Gasteiger partial charge in [-0.2, -0.15) is 0 Å². The van der Waals surface area contributed by atoms with E-state index in [1.807, 2.05) is 29.2 Å². The molecule has 3 nitrogen and oxygen atoms in total. The highest BCUT2D eigenvalue weighted by Gasteiger charge is 2.32. The molecule has 2 heterocycles. The molecular weight excluding hydrogens is 316 g/mol. The van der Waals surface area contributed by atoms with Gasteiger partial charge in [-0.05, 0) is 36.0 Å². The SMILES string of the molecule is Cl.O=C(c1ccc(Br)cc1)N1CC2=CNCC2C1. The lowest BCUT2D eigenvalue weighted by molar-refractivity contribution is 0.0788. The minimum Gasteiger partial charge on any atom is -0.390 e. The van der Waals surface area contributed by atoms with E-state index in [0.29, 0.717) is 5.92 Å². The summed E-state index contributed by atoms with van der Waals surface area (Å²) in [7, 11) is 0. The smallest absolute Gasteiger partial charge is 0.254 e. The van der Waals surface area contributed by atoms with Crippen LogP contribution in [0.1, 0.15) is 10.4 Å². The van der Waals surface area contributed by atoms with Crippen molar-refractivity contribution < 1.29 is 4.79 Å². The van der Waals surface area contributed by atoms with Crippen LogP contribution in [0.2, 0.25) is 0 Å². The summed E-state index contributed by atoms with van der Waals surface area (Å²) in [5, 5.41) is 3.22. The molecule has 0 aromatic heterocycles. The standard InChI is InChI=1S/C13H13BrN2O.ClH/c14-12-3-1-9(2-4-12)13(17)16-7-10-5-15-6-11(10)8-16;/h1-5,11,15H,6-8H2;1H. The van der Waals surface area contributed by atoms with Gasteiger partial charge in [0.25, 0.3) is 5.91 Å². The van der Waals surface area contributed by atoms with Crippen molar-refractivity contribution >= 4 is 34.2 Å². The fourth-order valence-corrected chi connectivity index (χ4v) is 2.68. The molecule has 1 unspecified atom stereocenters. The Bertz CT molecular complexity index is 486. The van der Waals surface area contributed by atoms with Gasteiger partial charge in [0.2, 0.25) is 0 Å². The molecule has 1 N–H and O–H groups in total. The van der Waals surface area contributed by atoms with Gasteiger partial charge in [0.15, 0.2) is 0 Å². The lowest BCUT2D eigenvalue weighted by Gasteiger charge is -2.16. The van der Waals surface area contributed by atoms with Gasteiger partial charge in [0, 0.05) is 35.6 Å². The van der Waals surface area contributed by atoms with E-state index in [1.54, 1.807) is 0 Å². The Morgan fingerprint density at radius 3 is 2.72 bits per heavy atom. The minimum atomic E-state index is 0. The monoisotopic (exact) mass is 328 g/mol. The normalized spacial score (nSPS) is 20.8. The second-order valence-electron chi connectivity index (χ2n) is 4.52. The number of carbonyl (C=O) groups excluding carboxylic acids is 1. The van der Waals surface area contributed by atoms with Gasteiger partial charge in [0.1, 0.15) is 0 Å². The summed E-state index contributed by atoms with van der Waals surface area (Å²) >= 11 is 3.38. The molecule has 0 aliphatic carbocycles. The Hall–Kier alpha value is -1.00. The Morgan fingerprint density at radius 1 is 1.33 bits per heavy atom. The number of rotatable bonds is 1. The average Bonchev–Trinajstić information content (AvgIpc) is 2.89. The maximum absolute atomic E-state index is 12.3. The number of hydrogen-bond donors (Lipinski definition) is 1. The van der Waals surface area contributed by atoms with Crippen molar-refractivity contribution in [1.82, 2.24) is 10.2 Å². The fourth-order valence-electron chi connectivity index (χ4n) is 2.42. The predicted octanol–water partition coefficient (Wildman–Crippen LogP) is 2.43. The maximum atomic E-state index is 12.3. The van der Waals surface area contributed by atoms with Gasteiger partial charge < -0.3 is 10.2 Å². The zero-order valence-corrected chi connectivity index (χ0v) is 12.1. The first-order chi connectivity index (χ1) is 8.24. The second kappa shape index (κ2) is 5.33. The molecule has 1 atom stereocenters. The first kappa shape index (κ1) is 13.4. The van der Waals surface area contributed by atoms with E-state index in [0.717, 1.165) is 29.7 Å². The molecule has 0 spiro atoms. The summed E-state index contributed by atoms with van der Waals surface area (Å²) in [6.45, 7) is 2.58. The Labute approximate surface area is 121 Å². The molecule has 2 aliphatic heterocycles. The van der Waals surface area contributed by atoms with Crippen molar-refractivity contribution in [1.29, 1.82) is 0 Å².